The van der Waals surface area contributed by atoms with Crippen LogP contribution in [0.3, 0.4) is 0 Å². The summed E-state index contributed by atoms with van der Waals surface area (Å²) in [4.78, 5) is 11.4. The number of primary amides is 1. The van der Waals surface area contributed by atoms with Gasteiger partial charge in [-0.1, -0.05) is 17.7 Å². The number of halogens is 1. The molecule has 1 aliphatic rings. The van der Waals surface area contributed by atoms with Crippen molar-refractivity contribution >= 4 is 27.5 Å². The Balaban J connectivity index is 2.11. The zero-order valence-corrected chi connectivity index (χ0v) is 11.6. The molecule has 0 unspecified atom stereocenters. The Hall–Kier alpha value is -1.33. The third-order valence-corrected chi connectivity index (χ3v) is 3.58. The smallest absolute Gasteiger partial charge is 0.251 e. The van der Waals surface area contributed by atoms with Gasteiger partial charge >= 0.3 is 0 Å². The third kappa shape index (κ3) is 3.11. The molecule has 0 saturated carbocycles. The number of hydrogen-bond acceptors (Lipinski definition) is 3. The van der Waals surface area contributed by atoms with Crippen molar-refractivity contribution in [1.82, 2.24) is 5.32 Å². The summed E-state index contributed by atoms with van der Waals surface area (Å²) in [6, 6.07) is 5.57. The summed E-state index contributed by atoms with van der Waals surface area (Å²) >= 11 is 3.35. The molecule has 5 heteroatoms. The maximum Gasteiger partial charge on any atom is 0.251 e. The molecule has 1 aliphatic heterocycles. The molecule has 0 saturated heterocycles. The first kappa shape index (κ1) is 13.1. The fraction of sp³-hybridized carbons (Fsp3) is 0.308. The highest BCUT2D eigenvalue weighted by Crippen LogP contribution is 2.24. The minimum Gasteiger partial charge on any atom is -0.381 e. The second kappa shape index (κ2) is 6.02. The average Bonchev–Trinajstić information content (AvgIpc) is 2.37. The van der Waals surface area contributed by atoms with Crippen LogP contribution < -0.4 is 16.4 Å². The van der Waals surface area contributed by atoms with Crippen LogP contribution in [-0.4, -0.2) is 25.5 Å². The molecule has 0 aliphatic carbocycles. The second-order valence-corrected chi connectivity index (χ2v) is 5.05. The van der Waals surface area contributed by atoms with Crippen LogP contribution in [0.1, 0.15) is 16.8 Å². The van der Waals surface area contributed by atoms with E-state index >= 15 is 0 Å². The number of nitrogens with one attached hydrogen (secondary N) is 2. The molecule has 0 radical (unpaired) electrons. The molecule has 1 heterocycles. The van der Waals surface area contributed by atoms with Gasteiger partial charge in [-0.15, -0.1) is 0 Å². The van der Waals surface area contributed by atoms with Crippen molar-refractivity contribution in [3.8, 4) is 0 Å². The Kier molecular flexibility index (Phi) is 4.38. The normalized spacial score (nSPS) is 15.1. The van der Waals surface area contributed by atoms with E-state index < -0.39 is 5.91 Å². The third-order valence-electron chi connectivity index (χ3n) is 2.92. The Morgan fingerprint density at radius 3 is 3.00 bits per heavy atom. The van der Waals surface area contributed by atoms with E-state index in [1.54, 1.807) is 0 Å². The fourth-order valence-corrected chi connectivity index (χ4v) is 2.52. The molecule has 0 fully saturated rings. The molecule has 1 aromatic rings. The highest BCUT2D eigenvalue weighted by atomic mass is 79.9. The van der Waals surface area contributed by atoms with Crippen LogP contribution in [0.15, 0.2) is 34.3 Å². The molecule has 1 amide bonds. The summed E-state index contributed by atoms with van der Waals surface area (Å²) in [5.74, 6) is -0.427. The number of nitrogens with two attached hydrogens (primary N) is 1. The highest BCUT2D eigenvalue weighted by Gasteiger charge is 2.12. The first-order chi connectivity index (χ1) is 8.68. The lowest BCUT2D eigenvalue weighted by Gasteiger charge is -2.16. The Bertz CT molecular complexity index is 485. The first-order valence-electron chi connectivity index (χ1n) is 5.89. The largest absolute Gasteiger partial charge is 0.381 e. The number of rotatable bonds is 4. The summed E-state index contributed by atoms with van der Waals surface area (Å²) in [7, 11) is 0. The van der Waals surface area contributed by atoms with E-state index in [4.69, 9.17) is 5.73 Å². The van der Waals surface area contributed by atoms with Crippen LogP contribution in [0.25, 0.3) is 0 Å². The predicted molar refractivity (Wildman–Crippen MR) is 76.7 cm³/mol. The molecule has 0 aromatic heterocycles. The van der Waals surface area contributed by atoms with Gasteiger partial charge in [0.15, 0.2) is 0 Å². The molecule has 0 bridgehead atoms. The Labute approximate surface area is 115 Å². The average molecular weight is 310 g/mol. The standard InChI is InChI=1S/C13H16BrN3O/c14-10-2-1-3-11(12(10)13(15)18)17-8-9-4-6-16-7-5-9/h1-4,16-17H,5-8H2,(H2,15,18). The lowest BCUT2D eigenvalue weighted by atomic mass is 10.1. The van der Waals surface area contributed by atoms with Gasteiger partial charge in [-0.3, -0.25) is 4.79 Å². The van der Waals surface area contributed by atoms with Crippen molar-refractivity contribution in [1.29, 1.82) is 0 Å². The summed E-state index contributed by atoms with van der Waals surface area (Å²) in [6.07, 6.45) is 3.21. The van der Waals surface area contributed by atoms with Crippen LogP contribution in [0.5, 0.6) is 0 Å². The second-order valence-electron chi connectivity index (χ2n) is 4.20. The monoisotopic (exact) mass is 309 g/mol. The van der Waals surface area contributed by atoms with Crippen molar-refractivity contribution in [3.05, 3.63) is 39.9 Å². The zero-order valence-electron chi connectivity index (χ0n) is 10.0. The molecular formula is C13H16BrN3O. The number of benzene rings is 1. The number of hydrogen-bond donors (Lipinski definition) is 3. The number of anilines is 1. The van der Waals surface area contributed by atoms with Gasteiger partial charge in [-0.05, 0) is 41.0 Å². The SMILES string of the molecule is NC(=O)c1c(Br)cccc1NCC1=CCNCC1. The number of carbonyl (C=O) groups is 1. The van der Waals surface area contributed by atoms with Gasteiger partial charge in [0.2, 0.25) is 0 Å². The van der Waals surface area contributed by atoms with Crippen LogP contribution in [0, 0.1) is 0 Å². The summed E-state index contributed by atoms with van der Waals surface area (Å²) < 4.78 is 0.722. The molecule has 0 spiro atoms. The minimum absolute atomic E-state index is 0.427. The highest BCUT2D eigenvalue weighted by molar-refractivity contribution is 9.10. The van der Waals surface area contributed by atoms with Gasteiger partial charge in [0.05, 0.1) is 5.56 Å². The first-order valence-corrected chi connectivity index (χ1v) is 6.68. The molecule has 2 rings (SSSR count). The molecule has 4 nitrogen and oxygen atoms in total. The number of amides is 1. The molecular weight excluding hydrogens is 294 g/mol. The van der Waals surface area contributed by atoms with Crippen molar-refractivity contribution in [2.24, 2.45) is 5.73 Å². The van der Waals surface area contributed by atoms with Gasteiger partial charge in [0.1, 0.15) is 0 Å². The maximum absolute atomic E-state index is 11.4. The van der Waals surface area contributed by atoms with Gasteiger partial charge in [-0.25, -0.2) is 0 Å². The van der Waals surface area contributed by atoms with E-state index in [1.807, 2.05) is 18.2 Å². The van der Waals surface area contributed by atoms with Crippen molar-refractivity contribution < 1.29 is 4.79 Å². The molecule has 0 atom stereocenters. The van der Waals surface area contributed by atoms with E-state index in [0.717, 1.165) is 36.2 Å². The van der Waals surface area contributed by atoms with Gasteiger partial charge in [-0.2, -0.15) is 0 Å². The van der Waals surface area contributed by atoms with E-state index in [9.17, 15) is 4.79 Å². The van der Waals surface area contributed by atoms with E-state index in [2.05, 4.69) is 32.6 Å². The topological polar surface area (TPSA) is 67.2 Å². The van der Waals surface area contributed by atoms with Crippen LogP contribution >= 0.6 is 15.9 Å². The van der Waals surface area contributed by atoms with E-state index in [1.165, 1.54) is 5.57 Å². The van der Waals surface area contributed by atoms with Gasteiger partial charge < -0.3 is 16.4 Å². The van der Waals surface area contributed by atoms with Crippen LogP contribution in [-0.2, 0) is 0 Å². The quantitative estimate of drug-likeness (QED) is 0.744. The van der Waals surface area contributed by atoms with Gasteiger partial charge in [0, 0.05) is 23.2 Å². The predicted octanol–water partition coefficient (Wildman–Crippen LogP) is 1.88. The fourth-order valence-electron chi connectivity index (χ4n) is 1.96. The van der Waals surface area contributed by atoms with Crippen molar-refractivity contribution in [2.45, 2.75) is 6.42 Å². The van der Waals surface area contributed by atoms with Crippen LogP contribution in [0.2, 0.25) is 0 Å². The lowest BCUT2D eigenvalue weighted by Crippen LogP contribution is -2.23. The summed E-state index contributed by atoms with van der Waals surface area (Å²) in [5.41, 5.74) is 8.02. The van der Waals surface area contributed by atoms with Crippen molar-refractivity contribution in [2.75, 3.05) is 25.0 Å². The zero-order chi connectivity index (χ0) is 13.0. The summed E-state index contributed by atoms with van der Waals surface area (Å²) in [6.45, 7) is 2.67. The van der Waals surface area contributed by atoms with Crippen molar-refractivity contribution in [3.63, 3.8) is 0 Å². The maximum atomic E-state index is 11.4. The summed E-state index contributed by atoms with van der Waals surface area (Å²) in [5, 5.41) is 6.54. The molecule has 4 N–H and O–H groups in total. The lowest BCUT2D eigenvalue weighted by molar-refractivity contribution is 0.100. The van der Waals surface area contributed by atoms with Gasteiger partial charge in [0.25, 0.3) is 5.91 Å². The molecule has 96 valence electrons. The number of carbonyl (C=O) groups excluding carboxylic acids is 1. The van der Waals surface area contributed by atoms with E-state index in [-0.39, 0.29) is 0 Å². The minimum atomic E-state index is -0.427. The molecule has 18 heavy (non-hydrogen) atoms. The van der Waals surface area contributed by atoms with Crippen LogP contribution in [0.4, 0.5) is 5.69 Å². The Morgan fingerprint density at radius 1 is 1.50 bits per heavy atom. The Morgan fingerprint density at radius 2 is 2.33 bits per heavy atom. The molecule has 1 aromatic carbocycles. The van der Waals surface area contributed by atoms with E-state index in [0.29, 0.717) is 5.56 Å².